The Morgan fingerprint density at radius 2 is 2.00 bits per heavy atom. The lowest BCUT2D eigenvalue weighted by Gasteiger charge is -2.08. The van der Waals surface area contributed by atoms with Gasteiger partial charge in [0.1, 0.15) is 5.82 Å². The van der Waals surface area contributed by atoms with E-state index in [4.69, 9.17) is 16.3 Å². The monoisotopic (exact) mass is 321 g/mol. The zero-order chi connectivity index (χ0) is 16.1. The molecule has 0 aliphatic carbocycles. The van der Waals surface area contributed by atoms with Gasteiger partial charge in [0.25, 0.3) is 5.91 Å². The van der Waals surface area contributed by atoms with Crippen molar-refractivity contribution in [2.24, 2.45) is 0 Å². The fraction of sp³-hybridized carbons (Fsp3) is 0.125. The van der Waals surface area contributed by atoms with Gasteiger partial charge in [-0.3, -0.25) is 4.79 Å². The number of esters is 1. The summed E-state index contributed by atoms with van der Waals surface area (Å²) >= 11 is 5.84. The van der Waals surface area contributed by atoms with Crippen molar-refractivity contribution < 1.29 is 18.7 Å². The van der Waals surface area contributed by atoms with Crippen molar-refractivity contribution in [3.63, 3.8) is 0 Å². The highest BCUT2D eigenvalue weighted by Gasteiger charge is 2.13. The molecule has 0 aliphatic rings. The van der Waals surface area contributed by atoms with Crippen molar-refractivity contribution >= 4 is 29.2 Å². The Morgan fingerprint density at radius 3 is 2.68 bits per heavy atom. The Hall–Kier alpha value is -2.40. The largest absolute Gasteiger partial charge is 0.462 e. The molecule has 6 heteroatoms. The summed E-state index contributed by atoms with van der Waals surface area (Å²) in [6, 6.07) is 9.82. The summed E-state index contributed by atoms with van der Waals surface area (Å²) < 4.78 is 17.9. The van der Waals surface area contributed by atoms with Crippen LogP contribution in [-0.4, -0.2) is 18.5 Å². The summed E-state index contributed by atoms with van der Waals surface area (Å²) in [5.41, 5.74) is 0.880. The van der Waals surface area contributed by atoms with Crippen LogP contribution >= 0.6 is 11.6 Å². The van der Waals surface area contributed by atoms with Gasteiger partial charge in [-0.1, -0.05) is 17.7 Å². The highest BCUT2D eigenvalue weighted by atomic mass is 35.5. The number of rotatable bonds is 4. The van der Waals surface area contributed by atoms with Crippen LogP contribution in [0, 0.1) is 5.82 Å². The van der Waals surface area contributed by atoms with Crippen LogP contribution in [0.25, 0.3) is 0 Å². The number of amides is 1. The molecule has 0 saturated heterocycles. The average Bonchev–Trinajstić information content (AvgIpc) is 2.47. The number of carbonyl (C=O) groups excluding carboxylic acids is 2. The van der Waals surface area contributed by atoms with Crippen molar-refractivity contribution in [2.45, 2.75) is 6.92 Å². The molecule has 0 spiro atoms. The molecule has 0 aliphatic heterocycles. The van der Waals surface area contributed by atoms with Crippen LogP contribution in [0.4, 0.5) is 10.1 Å². The molecule has 1 amide bonds. The first kappa shape index (κ1) is 16.0. The summed E-state index contributed by atoms with van der Waals surface area (Å²) in [6.07, 6.45) is 0. The quantitative estimate of drug-likeness (QED) is 0.869. The number of nitrogens with one attached hydrogen (secondary N) is 1. The van der Waals surface area contributed by atoms with E-state index in [-0.39, 0.29) is 17.2 Å². The summed E-state index contributed by atoms with van der Waals surface area (Å²) in [7, 11) is 0. The summed E-state index contributed by atoms with van der Waals surface area (Å²) in [5.74, 6) is -1.49. The number of anilines is 1. The van der Waals surface area contributed by atoms with Crippen LogP contribution < -0.4 is 5.32 Å². The number of benzene rings is 2. The molecule has 4 nitrogen and oxygen atoms in total. The molecule has 114 valence electrons. The lowest BCUT2D eigenvalue weighted by atomic mass is 10.1. The predicted octanol–water partition coefficient (Wildman–Crippen LogP) is 3.91. The molecule has 0 unspecified atom stereocenters. The van der Waals surface area contributed by atoms with Gasteiger partial charge in [0.15, 0.2) is 0 Å². The third-order valence-corrected chi connectivity index (χ3v) is 3.12. The van der Waals surface area contributed by atoms with Gasteiger partial charge in [-0.2, -0.15) is 0 Å². The highest BCUT2D eigenvalue weighted by Crippen LogP contribution is 2.19. The first-order valence-electron chi connectivity index (χ1n) is 6.55. The van der Waals surface area contributed by atoms with E-state index in [2.05, 4.69) is 5.32 Å². The van der Waals surface area contributed by atoms with Crippen molar-refractivity contribution in [3.05, 3.63) is 64.4 Å². The predicted molar refractivity (Wildman–Crippen MR) is 81.8 cm³/mol. The van der Waals surface area contributed by atoms with E-state index < -0.39 is 17.7 Å². The van der Waals surface area contributed by atoms with Crippen molar-refractivity contribution in [1.29, 1.82) is 0 Å². The molecule has 2 rings (SSSR count). The fourth-order valence-corrected chi connectivity index (χ4v) is 2.06. The van der Waals surface area contributed by atoms with Crippen molar-refractivity contribution in [3.8, 4) is 0 Å². The minimum Gasteiger partial charge on any atom is -0.462 e. The van der Waals surface area contributed by atoms with E-state index in [0.29, 0.717) is 11.3 Å². The van der Waals surface area contributed by atoms with Crippen LogP contribution in [0.1, 0.15) is 27.6 Å². The Kier molecular flexibility index (Phi) is 5.12. The van der Waals surface area contributed by atoms with E-state index in [1.807, 2.05) is 0 Å². The van der Waals surface area contributed by atoms with Crippen LogP contribution in [0.15, 0.2) is 42.5 Å². The van der Waals surface area contributed by atoms with Gasteiger partial charge in [0.2, 0.25) is 0 Å². The number of carbonyl (C=O) groups is 2. The zero-order valence-electron chi connectivity index (χ0n) is 11.7. The van der Waals surface area contributed by atoms with Gasteiger partial charge in [-0.15, -0.1) is 0 Å². The molecule has 0 heterocycles. The number of hydrogen-bond donors (Lipinski definition) is 1. The standard InChI is InChI=1S/C16H13ClFNO3/c1-2-22-16(21)10-4-3-5-12(8-10)19-15(20)13-7-6-11(18)9-14(13)17/h3-9H,2H2,1H3,(H,19,20). The zero-order valence-corrected chi connectivity index (χ0v) is 12.5. The van der Waals surface area contributed by atoms with E-state index in [1.165, 1.54) is 12.1 Å². The topological polar surface area (TPSA) is 55.4 Å². The van der Waals surface area contributed by atoms with E-state index in [9.17, 15) is 14.0 Å². The second kappa shape index (κ2) is 7.04. The molecule has 0 aromatic heterocycles. The van der Waals surface area contributed by atoms with E-state index in [0.717, 1.165) is 12.1 Å². The third-order valence-electron chi connectivity index (χ3n) is 2.81. The Balaban J connectivity index is 2.18. The number of halogens is 2. The van der Waals surface area contributed by atoms with E-state index >= 15 is 0 Å². The van der Waals surface area contributed by atoms with Crippen LogP contribution in [0.5, 0.6) is 0 Å². The summed E-state index contributed by atoms with van der Waals surface area (Å²) in [5, 5.41) is 2.62. The maximum atomic E-state index is 13.0. The van der Waals surface area contributed by atoms with Gasteiger partial charge in [0.05, 0.1) is 22.8 Å². The lowest BCUT2D eigenvalue weighted by Crippen LogP contribution is -2.13. The first-order valence-corrected chi connectivity index (χ1v) is 6.92. The third kappa shape index (κ3) is 3.83. The molecule has 0 fully saturated rings. The minimum absolute atomic E-state index is 0.0130. The second-order valence-electron chi connectivity index (χ2n) is 4.38. The fourth-order valence-electron chi connectivity index (χ4n) is 1.81. The smallest absolute Gasteiger partial charge is 0.338 e. The van der Waals surface area contributed by atoms with Gasteiger partial charge in [-0.25, -0.2) is 9.18 Å². The normalized spacial score (nSPS) is 10.1. The summed E-state index contributed by atoms with van der Waals surface area (Å²) in [6.45, 7) is 1.97. The molecule has 1 N–H and O–H groups in total. The van der Waals surface area contributed by atoms with Crippen LogP contribution in [0.3, 0.4) is 0 Å². The molecular weight excluding hydrogens is 309 g/mol. The number of hydrogen-bond acceptors (Lipinski definition) is 3. The average molecular weight is 322 g/mol. The molecular formula is C16H13ClFNO3. The summed E-state index contributed by atoms with van der Waals surface area (Å²) in [4.78, 5) is 23.8. The maximum absolute atomic E-state index is 13.0. The minimum atomic E-state index is -0.522. The SMILES string of the molecule is CCOC(=O)c1cccc(NC(=O)c2ccc(F)cc2Cl)c1. The van der Waals surface area contributed by atoms with Crippen molar-refractivity contribution in [2.75, 3.05) is 11.9 Å². The molecule has 0 radical (unpaired) electrons. The molecule has 2 aromatic carbocycles. The van der Waals surface area contributed by atoms with Gasteiger partial charge in [0, 0.05) is 5.69 Å². The Labute approximate surface area is 131 Å². The van der Waals surface area contributed by atoms with Crippen LogP contribution in [0.2, 0.25) is 5.02 Å². The van der Waals surface area contributed by atoms with Gasteiger partial charge in [-0.05, 0) is 43.3 Å². The number of ether oxygens (including phenoxy) is 1. The highest BCUT2D eigenvalue weighted by molar-refractivity contribution is 6.34. The molecule has 2 aromatic rings. The lowest BCUT2D eigenvalue weighted by molar-refractivity contribution is 0.0526. The van der Waals surface area contributed by atoms with E-state index in [1.54, 1.807) is 25.1 Å². The Morgan fingerprint density at radius 1 is 1.23 bits per heavy atom. The first-order chi connectivity index (χ1) is 10.5. The maximum Gasteiger partial charge on any atom is 0.338 e. The molecule has 0 saturated carbocycles. The second-order valence-corrected chi connectivity index (χ2v) is 4.79. The van der Waals surface area contributed by atoms with Gasteiger partial charge >= 0.3 is 5.97 Å². The van der Waals surface area contributed by atoms with Gasteiger partial charge < -0.3 is 10.1 Å². The van der Waals surface area contributed by atoms with Crippen LogP contribution in [-0.2, 0) is 4.74 Å². The van der Waals surface area contributed by atoms with Crippen molar-refractivity contribution in [1.82, 2.24) is 0 Å². The molecule has 0 bridgehead atoms. The Bertz CT molecular complexity index is 718. The molecule has 0 atom stereocenters. The molecule has 22 heavy (non-hydrogen) atoms.